The van der Waals surface area contributed by atoms with Gasteiger partial charge in [0.15, 0.2) is 0 Å². The van der Waals surface area contributed by atoms with Gasteiger partial charge in [0.05, 0.1) is 6.61 Å². The van der Waals surface area contributed by atoms with E-state index in [1.165, 1.54) is 5.56 Å². The number of hydrogen-bond acceptors (Lipinski definition) is 4. The second-order valence-electron chi connectivity index (χ2n) is 5.99. The van der Waals surface area contributed by atoms with E-state index in [2.05, 4.69) is 29.0 Å². The fraction of sp³-hybridized carbons (Fsp3) is 0.611. The van der Waals surface area contributed by atoms with Gasteiger partial charge in [0, 0.05) is 17.8 Å². The van der Waals surface area contributed by atoms with Crippen molar-refractivity contribution in [2.45, 2.75) is 63.8 Å². The number of hydrogen-bond donors (Lipinski definition) is 1. The Morgan fingerprint density at radius 3 is 2.33 bits per heavy atom. The summed E-state index contributed by atoms with van der Waals surface area (Å²) in [5, 5.41) is 19.3. The highest BCUT2D eigenvalue weighted by Crippen LogP contribution is 2.14. The quantitative estimate of drug-likeness (QED) is 0.244. The van der Waals surface area contributed by atoms with Gasteiger partial charge in [0.1, 0.15) is 0 Å². The normalized spacial score (nSPS) is 11.8. The van der Waals surface area contributed by atoms with Gasteiger partial charge in [-0.1, -0.05) is 49.6 Å². The van der Waals surface area contributed by atoms with E-state index in [4.69, 9.17) is 5.11 Å². The van der Waals surface area contributed by atoms with Crippen LogP contribution in [0.3, 0.4) is 0 Å². The van der Waals surface area contributed by atoms with E-state index < -0.39 is 12.2 Å². The molecule has 6 heteroatoms. The van der Waals surface area contributed by atoms with Gasteiger partial charge in [-0.2, -0.15) is 0 Å². The largest absolute Gasteiger partial charge is 0.505 e. The fourth-order valence-electron chi connectivity index (χ4n) is 2.72. The van der Waals surface area contributed by atoms with Gasteiger partial charge in [-0.05, 0) is 31.2 Å². The number of unbranched alkanes of at least 4 members (excludes halogenated alkanes) is 4. The third-order valence-electron chi connectivity index (χ3n) is 4.05. The summed E-state index contributed by atoms with van der Waals surface area (Å²) in [6.45, 7) is 0.0269. The minimum Gasteiger partial charge on any atom is -0.450 e. The van der Waals surface area contributed by atoms with E-state index in [-0.39, 0.29) is 11.5 Å². The number of ether oxygens (including phenoxy) is 1. The smallest absolute Gasteiger partial charge is 0.450 e. The molecule has 0 spiro atoms. The van der Waals surface area contributed by atoms with Crippen LogP contribution in [-0.2, 0) is 11.2 Å². The number of carbonyl (C=O) groups is 1. The molecular weight excluding hydrogens is 310 g/mol. The van der Waals surface area contributed by atoms with Crippen LogP contribution in [0.4, 0.5) is 4.79 Å². The van der Waals surface area contributed by atoms with Crippen molar-refractivity contribution in [2.75, 3.05) is 6.61 Å². The summed E-state index contributed by atoms with van der Waals surface area (Å²) in [5.41, 5.74) is 1.36. The van der Waals surface area contributed by atoms with Gasteiger partial charge in [-0.15, -0.1) is 0 Å². The Labute approximate surface area is 143 Å². The minimum atomic E-state index is -1.33. The Morgan fingerprint density at radius 1 is 1.04 bits per heavy atom. The molecule has 0 fully saturated rings. The third kappa shape index (κ3) is 9.82. The standard InChI is InChI=1S/C18H27NO5/c20-18(21)24-15-9-14-17(19(22)23)13-8-3-1-2-5-10-16-11-6-4-7-12-16/h4,6-7,11-12,17H,1-3,5,8-10,13-15H2,(H,20,21). The maximum absolute atomic E-state index is 11.0. The predicted octanol–water partition coefficient (Wildman–Crippen LogP) is 4.69. The van der Waals surface area contributed by atoms with Crippen molar-refractivity contribution in [3.8, 4) is 0 Å². The van der Waals surface area contributed by atoms with Crippen molar-refractivity contribution in [2.24, 2.45) is 0 Å². The third-order valence-corrected chi connectivity index (χ3v) is 4.05. The number of aryl methyl sites for hydroxylation is 1. The zero-order valence-corrected chi connectivity index (χ0v) is 14.1. The average molecular weight is 337 g/mol. The summed E-state index contributed by atoms with van der Waals surface area (Å²) < 4.78 is 4.37. The number of benzene rings is 1. The molecule has 134 valence electrons. The molecule has 0 aliphatic carbocycles. The number of nitrogens with zero attached hydrogens (tertiary/aromatic N) is 1. The van der Waals surface area contributed by atoms with E-state index in [0.29, 0.717) is 19.3 Å². The lowest BCUT2D eigenvalue weighted by molar-refractivity contribution is -0.524. The molecule has 0 amide bonds. The first-order chi connectivity index (χ1) is 11.6. The molecule has 0 radical (unpaired) electrons. The fourth-order valence-corrected chi connectivity index (χ4v) is 2.72. The molecule has 6 nitrogen and oxygen atoms in total. The topological polar surface area (TPSA) is 89.7 Å². The molecule has 0 bridgehead atoms. The van der Waals surface area contributed by atoms with Crippen molar-refractivity contribution in [3.05, 3.63) is 46.0 Å². The molecule has 1 rings (SSSR count). The lowest BCUT2D eigenvalue weighted by Crippen LogP contribution is -2.20. The van der Waals surface area contributed by atoms with E-state index >= 15 is 0 Å². The van der Waals surface area contributed by atoms with Gasteiger partial charge in [-0.3, -0.25) is 10.1 Å². The zero-order chi connectivity index (χ0) is 17.6. The lowest BCUT2D eigenvalue weighted by Gasteiger charge is -2.09. The van der Waals surface area contributed by atoms with Crippen LogP contribution in [0.25, 0.3) is 0 Å². The molecule has 24 heavy (non-hydrogen) atoms. The second-order valence-corrected chi connectivity index (χ2v) is 5.99. The van der Waals surface area contributed by atoms with Crippen LogP contribution < -0.4 is 0 Å². The number of rotatable bonds is 13. The van der Waals surface area contributed by atoms with Crippen LogP contribution in [0.5, 0.6) is 0 Å². The molecule has 0 saturated heterocycles. The predicted molar refractivity (Wildman–Crippen MR) is 91.8 cm³/mol. The van der Waals surface area contributed by atoms with E-state index in [9.17, 15) is 14.9 Å². The van der Waals surface area contributed by atoms with Crippen molar-refractivity contribution < 1.29 is 19.6 Å². The van der Waals surface area contributed by atoms with Gasteiger partial charge >= 0.3 is 6.16 Å². The van der Waals surface area contributed by atoms with Crippen LogP contribution in [0, 0.1) is 10.1 Å². The zero-order valence-electron chi connectivity index (χ0n) is 14.1. The van der Waals surface area contributed by atoms with Crippen LogP contribution in [0.1, 0.15) is 56.9 Å². The Kier molecular flexibility index (Phi) is 10.2. The second kappa shape index (κ2) is 12.3. The minimum absolute atomic E-state index is 0.0269. The highest BCUT2D eigenvalue weighted by atomic mass is 16.7. The van der Waals surface area contributed by atoms with Gasteiger partial charge in [0.2, 0.25) is 6.04 Å². The summed E-state index contributed by atoms with van der Waals surface area (Å²) >= 11 is 0. The number of nitro groups is 1. The summed E-state index contributed by atoms with van der Waals surface area (Å²) in [7, 11) is 0. The van der Waals surface area contributed by atoms with Gasteiger partial charge < -0.3 is 9.84 Å². The first kappa shape index (κ1) is 19.9. The number of carboxylic acid groups (broad SMARTS) is 1. The van der Waals surface area contributed by atoms with Crippen molar-refractivity contribution >= 4 is 6.16 Å². The van der Waals surface area contributed by atoms with E-state index in [1.807, 2.05) is 6.07 Å². The van der Waals surface area contributed by atoms with Crippen LogP contribution in [0.2, 0.25) is 0 Å². The Balaban J connectivity index is 2.04. The molecular formula is C18H27NO5. The average Bonchev–Trinajstić information content (AvgIpc) is 2.56. The molecule has 1 aromatic rings. The summed E-state index contributed by atoms with van der Waals surface area (Å²) in [6.07, 6.45) is 6.31. The van der Waals surface area contributed by atoms with Gasteiger partial charge in [0.25, 0.3) is 0 Å². The van der Waals surface area contributed by atoms with Crippen molar-refractivity contribution in [1.82, 2.24) is 0 Å². The van der Waals surface area contributed by atoms with Crippen molar-refractivity contribution in [3.63, 3.8) is 0 Å². The van der Waals surface area contributed by atoms with Crippen molar-refractivity contribution in [1.29, 1.82) is 0 Å². The molecule has 1 atom stereocenters. The summed E-state index contributed by atoms with van der Waals surface area (Å²) in [6, 6.07) is 9.80. The maximum Gasteiger partial charge on any atom is 0.505 e. The van der Waals surface area contributed by atoms with Crippen LogP contribution in [0.15, 0.2) is 30.3 Å². The molecule has 0 aliphatic heterocycles. The Bertz CT molecular complexity index is 478. The van der Waals surface area contributed by atoms with Crippen LogP contribution in [-0.4, -0.2) is 28.8 Å². The van der Waals surface area contributed by atoms with Crippen LogP contribution >= 0.6 is 0 Å². The van der Waals surface area contributed by atoms with E-state index in [1.54, 1.807) is 0 Å². The molecule has 0 aliphatic rings. The molecule has 1 aromatic carbocycles. The molecule has 1 unspecified atom stereocenters. The summed E-state index contributed by atoms with van der Waals surface area (Å²) in [5.74, 6) is 0. The molecule has 0 aromatic heterocycles. The monoisotopic (exact) mass is 337 g/mol. The maximum atomic E-state index is 11.0. The first-order valence-electron chi connectivity index (χ1n) is 8.62. The lowest BCUT2D eigenvalue weighted by atomic mass is 10.0. The molecule has 1 N–H and O–H groups in total. The highest BCUT2D eigenvalue weighted by molar-refractivity contribution is 5.56. The molecule has 0 saturated carbocycles. The Hall–Kier alpha value is -2.11. The summed E-state index contributed by atoms with van der Waals surface area (Å²) in [4.78, 5) is 21.0. The van der Waals surface area contributed by atoms with Gasteiger partial charge in [-0.25, -0.2) is 4.79 Å². The Morgan fingerprint density at radius 2 is 1.67 bits per heavy atom. The van der Waals surface area contributed by atoms with E-state index in [0.717, 1.165) is 38.5 Å². The first-order valence-corrected chi connectivity index (χ1v) is 8.62. The SMILES string of the molecule is O=C(O)OCCCC(CCCCCCCc1ccccc1)[N+](=O)[O-]. The highest BCUT2D eigenvalue weighted by Gasteiger charge is 2.19. The molecule has 0 heterocycles.